The average Bonchev–Trinajstić information content (AvgIpc) is 2.17. The topological polar surface area (TPSA) is 49.3 Å². The Labute approximate surface area is 77.1 Å². The van der Waals surface area contributed by atoms with Gasteiger partial charge in [0.15, 0.2) is 0 Å². The van der Waals surface area contributed by atoms with Gasteiger partial charge in [0.25, 0.3) is 0 Å². The van der Waals surface area contributed by atoms with Crippen LogP contribution >= 0.6 is 0 Å². The molecule has 1 saturated heterocycles. The van der Waals surface area contributed by atoms with Crippen LogP contribution in [-0.2, 0) is 4.79 Å². The Morgan fingerprint density at radius 1 is 1.38 bits per heavy atom. The van der Waals surface area contributed by atoms with Crippen molar-refractivity contribution in [3.63, 3.8) is 0 Å². The van der Waals surface area contributed by atoms with Crippen LogP contribution in [-0.4, -0.2) is 23.7 Å². The minimum absolute atomic E-state index is 0.388. The van der Waals surface area contributed by atoms with Gasteiger partial charge in [-0.05, 0) is 30.4 Å². The minimum Gasteiger partial charge on any atom is -0.480 e. The van der Waals surface area contributed by atoms with Crippen LogP contribution < -0.4 is 5.32 Å². The quantitative estimate of drug-likeness (QED) is 0.633. The van der Waals surface area contributed by atoms with Crippen molar-refractivity contribution in [3.05, 3.63) is 23.3 Å². The third-order valence-corrected chi connectivity index (χ3v) is 2.62. The van der Waals surface area contributed by atoms with Crippen LogP contribution in [0.4, 0.5) is 0 Å². The molecule has 1 fully saturated rings. The maximum Gasteiger partial charge on any atom is 0.321 e. The smallest absolute Gasteiger partial charge is 0.321 e. The summed E-state index contributed by atoms with van der Waals surface area (Å²) in [4.78, 5) is 10.7. The van der Waals surface area contributed by atoms with E-state index in [0.29, 0.717) is 13.0 Å². The van der Waals surface area contributed by atoms with Crippen LogP contribution in [0.15, 0.2) is 23.3 Å². The number of aliphatic carboxylic acids is 1. The number of rotatable bonds is 1. The van der Waals surface area contributed by atoms with E-state index in [1.807, 2.05) is 0 Å². The molecular formula is C10H13NO2. The monoisotopic (exact) mass is 179 g/mol. The maximum atomic E-state index is 10.7. The molecule has 0 bridgehead atoms. The molecule has 3 heteroatoms. The van der Waals surface area contributed by atoms with E-state index in [1.54, 1.807) is 0 Å². The number of nitrogens with one attached hydrogen (secondary N) is 1. The first-order chi connectivity index (χ1) is 6.27. The zero-order valence-corrected chi connectivity index (χ0v) is 7.42. The minimum atomic E-state index is -0.745. The number of hydrogen-bond donors (Lipinski definition) is 2. The van der Waals surface area contributed by atoms with Gasteiger partial charge in [-0.2, -0.15) is 0 Å². The van der Waals surface area contributed by atoms with Crippen LogP contribution in [0.25, 0.3) is 0 Å². The normalized spacial score (nSPS) is 27.2. The van der Waals surface area contributed by atoms with Gasteiger partial charge in [0.05, 0.1) is 0 Å². The molecule has 0 spiro atoms. The fourth-order valence-corrected chi connectivity index (χ4v) is 1.88. The fourth-order valence-electron chi connectivity index (χ4n) is 1.88. The molecule has 0 saturated carbocycles. The largest absolute Gasteiger partial charge is 0.480 e. The summed E-state index contributed by atoms with van der Waals surface area (Å²) < 4.78 is 0. The summed E-state index contributed by atoms with van der Waals surface area (Å²) in [5.74, 6) is -0.745. The van der Waals surface area contributed by atoms with Crippen LogP contribution in [0.2, 0.25) is 0 Å². The highest BCUT2D eigenvalue weighted by Gasteiger charge is 2.25. The van der Waals surface area contributed by atoms with E-state index in [4.69, 9.17) is 5.11 Å². The molecule has 0 aromatic carbocycles. The first kappa shape index (κ1) is 8.51. The second-order valence-electron chi connectivity index (χ2n) is 3.51. The summed E-state index contributed by atoms with van der Waals surface area (Å²) in [6, 6.07) is -0.388. The summed E-state index contributed by atoms with van der Waals surface area (Å²) in [6.07, 6.45) is 7.18. The van der Waals surface area contributed by atoms with E-state index in [0.717, 1.165) is 12.8 Å². The highest BCUT2D eigenvalue weighted by molar-refractivity contribution is 5.75. The van der Waals surface area contributed by atoms with Crippen molar-refractivity contribution in [2.24, 2.45) is 0 Å². The molecule has 70 valence electrons. The number of fused-ring (bicyclic) bond motifs is 1. The van der Waals surface area contributed by atoms with Gasteiger partial charge in [-0.3, -0.25) is 4.79 Å². The maximum absolute atomic E-state index is 10.7. The Kier molecular flexibility index (Phi) is 2.19. The Morgan fingerprint density at radius 2 is 2.08 bits per heavy atom. The predicted octanol–water partition coefficient (Wildman–Crippen LogP) is 1.08. The van der Waals surface area contributed by atoms with Crippen LogP contribution in [0.1, 0.15) is 19.3 Å². The van der Waals surface area contributed by atoms with Gasteiger partial charge in [0.1, 0.15) is 6.04 Å². The number of allylic oxidation sites excluding steroid dienone is 2. The molecule has 0 amide bonds. The van der Waals surface area contributed by atoms with Crippen molar-refractivity contribution in [3.8, 4) is 0 Å². The van der Waals surface area contributed by atoms with Crippen molar-refractivity contribution < 1.29 is 9.90 Å². The number of carboxylic acids is 1. The summed E-state index contributed by atoms with van der Waals surface area (Å²) in [5, 5.41) is 11.8. The molecule has 0 aromatic heterocycles. The molecule has 2 N–H and O–H groups in total. The molecule has 0 aromatic rings. The van der Waals surface area contributed by atoms with Gasteiger partial charge >= 0.3 is 5.97 Å². The van der Waals surface area contributed by atoms with Crippen molar-refractivity contribution in [1.82, 2.24) is 5.32 Å². The molecule has 1 aliphatic heterocycles. The SMILES string of the molecule is O=C(O)C1CC2=CCCC=C2CN1. The van der Waals surface area contributed by atoms with Gasteiger partial charge < -0.3 is 10.4 Å². The number of carboxylic acid groups (broad SMARTS) is 1. The van der Waals surface area contributed by atoms with Crippen molar-refractivity contribution >= 4 is 5.97 Å². The van der Waals surface area contributed by atoms with E-state index in [2.05, 4.69) is 17.5 Å². The average molecular weight is 179 g/mol. The summed E-state index contributed by atoms with van der Waals surface area (Å²) in [7, 11) is 0. The standard InChI is InChI=1S/C10H13NO2/c12-10(13)9-5-7-3-1-2-4-8(7)6-11-9/h3-4,9,11H,1-2,5-6H2,(H,12,13). The molecule has 2 aliphatic rings. The van der Waals surface area contributed by atoms with E-state index < -0.39 is 5.97 Å². The highest BCUT2D eigenvalue weighted by Crippen LogP contribution is 2.25. The molecule has 3 nitrogen and oxygen atoms in total. The number of hydrogen-bond acceptors (Lipinski definition) is 2. The third-order valence-electron chi connectivity index (χ3n) is 2.62. The van der Waals surface area contributed by atoms with E-state index >= 15 is 0 Å². The van der Waals surface area contributed by atoms with Crippen molar-refractivity contribution in [2.75, 3.05) is 6.54 Å². The van der Waals surface area contributed by atoms with E-state index in [-0.39, 0.29) is 6.04 Å². The van der Waals surface area contributed by atoms with Gasteiger partial charge in [-0.15, -0.1) is 0 Å². The van der Waals surface area contributed by atoms with Crippen LogP contribution in [0, 0.1) is 0 Å². The lowest BCUT2D eigenvalue weighted by atomic mass is 9.89. The molecule has 2 rings (SSSR count). The molecular weight excluding hydrogens is 166 g/mol. The van der Waals surface area contributed by atoms with Crippen molar-refractivity contribution in [1.29, 1.82) is 0 Å². The molecule has 13 heavy (non-hydrogen) atoms. The molecule has 1 atom stereocenters. The highest BCUT2D eigenvalue weighted by atomic mass is 16.4. The molecule has 1 heterocycles. The second-order valence-corrected chi connectivity index (χ2v) is 3.51. The summed E-state index contributed by atoms with van der Waals surface area (Å²) in [6.45, 7) is 0.711. The lowest BCUT2D eigenvalue weighted by Crippen LogP contribution is -2.42. The van der Waals surface area contributed by atoms with Gasteiger partial charge in [0.2, 0.25) is 0 Å². The van der Waals surface area contributed by atoms with Gasteiger partial charge in [0, 0.05) is 6.54 Å². The number of piperidine rings is 1. The van der Waals surface area contributed by atoms with E-state index in [9.17, 15) is 4.79 Å². The summed E-state index contributed by atoms with van der Waals surface area (Å²) >= 11 is 0. The first-order valence-electron chi connectivity index (χ1n) is 4.62. The van der Waals surface area contributed by atoms with E-state index in [1.165, 1.54) is 11.1 Å². The number of carbonyl (C=O) groups is 1. The fraction of sp³-hybridized carbons (Fsp3) is 0.500. The predicted molar refractivity (Wildman–Crippen MR) is 49.4 cm³/mol. The molecule has 0 radical (unpaired) electrons. The summed E-state index contributed by atoms with van der Waals surface area (Å²) in [5.41, 5.74) is 2.53. The Bertz CT molecular complexity index is 291. The second kappa shape index (κ2) is 3.34. The van der Waals surface area contributed by atoms with Crippen molar-refractivity contribution in [2.45, 2.75) is 25.3 Å². The first-order valence-corrected chi connectivity index (χ1v) is 4.62. The lowest BCUT2D eigenvalue weighted by Gasteiger charge is -2.27. The van der Waals surface area contributed by atoms with Gasteiger partial charge in [-0.25, -0.2) is 0 Å². The zero-order chi connectivity index (χ0) is 9.26. The Hall–Kier alpha value is -1.09. The Balaban J connectivity index is 2.12. The zero-order valence-electron chi connectivity index (χ0n) is 7.42. The third kappa shape index (κ3) is 1.65. The molecule has 1 unspecified atom stereocenters. The lowest BCUT2D eigenvalue weighted by molar-refractivity contribution is -0.139. The molecule has 1 aliphatic carbocycles. The Morgan fingerprint density at radius 3 is 2.77 bits per heavy atom. The van der Waals surface area contributed by atoms with Crippen LogP contribution in [0.3, 0.4) is 0 Å². The van der Waals surface area contributed by atoms with Crippen LogP contribution in [0.5, 0.6) is 0 Å². The van der Waals surface area contributed by atoms with Gasteiger partial charge in [-0.1, -0.05) is 12.2 Å².